The lowest BCUT2D eigenvalue weighted by Crippen LogP contribution is -2.39. The van der Waals surface area contributed by atoms with E-state index in [1.54, 1.807) is 4.57 Å². The SMILES string of the molecule is CCCCC(=O)N(CCCC)C(CC)c1nc2ccccc2c(=O)n1-c1ccc(C)cc1. The summed E-state index contributed by atoms with van der Waals surface area (Å²) in [6.07, 6.45) is 5.00. The van der Waals surface area contributed by atoms with Crippen LogP contribution in [0.3, 0.4) is 0 Å². The molecule has 0 N–H and O–H groups in total. The summed E-state index contributed by atoms with van der Waals surface area (Å²) in [4.78, 5) is 33.8. The molecule has 170 valence electrons. The number of aromatic nitrogens is 2. The Morgan fingerprint density at radius 2 is 1.69 bits per heavy atom. The molecule has 0 saturated heterocycles. The summed E-state index contributed by atoms with van der Waals surface area (Å²) in [7, 11) is 0. The third-order valence-corrected chi connectivity index (χ3v) is 5.97. The lowest BCUT2D eigenvalue weighted by Gasteiger charge is -2.32. The number of para-hydroxylation sites is 1. The van der Waals surface area contributed by atoms with Gasteiger partial charge in [-0.05, 0) is 50.5 Å². The van der Waals surface area contributed by atoms with Crippen molar-refractivity contribution in [3.05, 3.63) is 70.3 Å². The fourth-order valence-electron chi connectivity index (χ4n) is 4.11. The minimum absolute atomic E-state index is 0.0932. The molecule has 1 aromatic heterocycles. The minimum atomic E-state index is -0.260. The highest BCUT2D eigenvalue weighted by Gasteiger charge is 2.28. The van der Waals surface area contributed by atoms with E-state index in [1.807, 2.05) is 60.4 Å². The number of nitrogens with zero attached hydrogens (tertiary/aromatic N) is 3. The van der Waals surface area contributed by atoms with Gasteiger partial charge in [0, 0.05) is 13.0 Å². The summed E-state index contributed by atoms with van der Waals surface area (Å²) in [5.74, 6) is 0.783. The van der Waals surface area contributed by atoms with Crippen LogP contribution in [-0.4, -0.2) is 26.9 Å². The number of carbonyl (C=O) groups excluding carboxylic acids is 1. The second kappa shape index (κ2) is 11.1. The van der Waals surface area contributed by atoms with Gasteiger partial charge in [-0.3, -0.25) is 14.2 Å². The number of fused-ring (bicyclic) bond motifs is 1. The minimum Gasteiger partial charge on any atom is -0.333 e. The molecule has 1 heterocycles. The molecule has 5 heteroatoms. The highest BCUT2D eigenvalue weighted by atomic mass is 16.2. The number of unbranched alkanes of at least 4 members (excludes halogenated alkanes) is 2. The van der Waals surface area contributed by atoms with Crippen molar-refractivity contribution in [2.24, 2.45) is 0 Å². The van der Waals surface area contributed by atoms with E-state index in [9.17, 15) is 9.59 Å². The van der Waals surface area contributed by atoms with Gasteiger partial charge in [-0.25, -0.2) is 4.98 Å². The Morgan fingerprint density at radius 3 is 2.34 bits per heavy atom. The number of carbonyl (C=O) groups is 1. The van der Waals surface area contributed by atoms with Crippen LogP contribution in [-0.2, 0) is 4.79 Å². The van der Waals surface area contributed by atoms with Gasteiger partial charge in [0.05, 0.1) is 22.6 Å². The van der Waals surface area contributed by atoms with Gasteiger partial charge < -0.3 is 4.90 Å². The average Bonchev–Trinajstić information content (AvgIpc) is 2.81. The van der Waals surface area contributed by atoms with Crippen molar-refractivity contribution in [3.63, 3.8) is 0 Å². The van der Waals surface area contributed by atoms with Crippen LogP contribution in [0.1, 0.15) is 76.7 Å². The predicted octanol–water partition coefficient (Wildman–Crippen LogP) is 5.96. The molecule has 0 radical (unpaired) electrons. The molecule has 1 amide bonds. The molecule has 1 atom stereocenters. The zero-order valence-corrected chi connectivity index (χ0v) is 19.8. The van der Waals surface area contributed by atoms with Crippen LogP contribution in [0.15, 0.2) is 53.3 Å². The molecular weight excluding hydrogens is 398 g/mol. The predicted molar refractivity (Wildman–Crippen MR) is 131 cm³/mol. The molecule has 0 aliphatic rings. The average molecular weight is 434 g/mol. The highest BCUT2D eigenvalue weighted by Crippen LogP contribution is 2.27. The number of hydrogen-bond donors (Lipinski definition) is 0. The lowest BCUT2D eigenvalue weighted by molar-refractivity contribution is -0.134. The lowest BCUT2D eigenvalue weighted by atomic mass is 10.1. The first kappa shape index (κ1) is 23.7. The van der Waals surface area contributed by atoms with Crippen LogP contribution in [0.25, 0.3) is 16.6 Å². The van der Waals surface area contributed by atoms with Crippen LogP contribution in [0, 0.1) is 6.92 Å². The van der Waals surface area contributed by atoms with Gasteiger partial charge in [-0.15, -0.1) is 0 Å². The molecular formula is C27H35N3O2. The Labute approximate surface area is 191 Å². The second-order valence-electron chi connectivity index (χ2n) is 8.43. The Balaban J connectivity index is 2.22. The van der Waals surface area contributed by atoms with E-state index in [2.05, 4.69) is 20.8 Å². The summed E-state index contributed by atoms with van der Waals surface area (Å²) in [5.41, 5.74) is 2.49. The van der Waals surface area contributed by atoms with Gasteiger partial charge >= 0.3 is 0 Å². The summed E-state index contributed by atoms with van der Waals surface area (Å²) in [6.45, 7) is 9.00. The molecule has 1 unspecified atom stereocenters. The molecule has 2 aromatic carbocycles. The van der Waals surface area contributed by atoms with E-state index in [1.165, 1.54) is 0 Å². The van der Waals surface area contributed by atoms with Crippen molar-refractivity contribution in [2.75, 3.05) is 6.54 Å². The van der Waals surface area contributed by atoms with Crippen LogP contribution in [0.5, 0.6) is 0 Å². The van der Waals surface area contributed by atoms with Crippen LogP contribution >= 0.6 is 0 Å². The van der Waals surface area contributed by atoms with Crippen molar-refractivity contribution in [2.45, 2.75) is 72.3 Å². The first-order chi connectivity index (χ1) is 15.5. The molecule has 0 aliphatic carbocycles. The van der Waals surface area contributed by atoms with Crippen LogP contribution in [0.2, 0.25) is 0 Å². The van der Waals surface area contributed by atoms with Crippen molar-refractivity contribution in [1.82, 2.24) is 14.5 Å². The third-order valence-electron chi connectivity index (χ3n) is 5.97. The number of rotatable bonds is 10. The van der Waals surface area contributed by atoms with Crippen molar-refractivity contribution in [3.8, 4) is 5.69 Å². The Bertz CT molecular complexity index is 1100. The Kier molecular flexibility index (Phi) is 8.20. The van der Waals surface area contributed by atoms with Gasteiger partial charge in [0.2, 0.25) is 5.91 Å². The molecule has 0 aliphatic heterocycles. The summed E-state index contributed by atoms with van der Waals surface area (Å²) < 4.78 is 1.71. The second-order valence-corrected chi connectivity index (χ2v) is 8.43. The monoisotopic (exact) mass is 433 g/mol. The third kappa shape index (κ3) is 5.09. The fraction of sp³-hybridized carbons (Fsp3) is 0.444. The zero-order chi connectivity index (χ0) is 23.1. The normalized spacial score (nSPS) is 12.1. The summed E-state index contributed by atoms with van der Waals surface area (Å²) in [5, 5.41) is 0.587. The van der Waals surface area contributed by atoms with E-state index in [-0.39, 0.29) is 17.5 Å². The molecule has 0 bridgehead atoms. The van der Waals surface area contributed by atoms with Crippen molar-refractivity contribution in [1.29, 1.82) is 0 Å². The fourth-order valence-corrected chi connectivity index (χ4v) is 4.11. The maximum Gasteiger partial charge on any atom is 0.266 e. The van der Waals surface area contributed by atoms with Crippen molar-refractivity contribution < 1.29 is 4.79 Å². The number of aryl methyl sites for hydroxylation is 1. The quantitative estimate of drug-likeness (QED) is 0.396. The Hall–Kier alpha value is -2.95. The van der Waals surface area contributed by atoms with Crippen molar-refractivity contribution >= 4 is 16.8 Å². The summed E-state index contributed by atoms with van der Waals surface area (Å²) in [6, 6.07) is 15.1. The molecule has 32 heavy (non-hydrogen) atoms. The van der Waals surface area contributed by atoms with Gasteiger partial charge in [0.25, 0.3) is 5.56 Å². The maximum absolute atomic E-state index is 13.7. The Morgan fingerprint density at radius 1 is 1.00 bits per heavy atom. The maximum atomic E-state index is 13.7. The number of hydrogen-bond acceptors (Lipinski definition) is 3. The molecule has 0 spiro atoms. The largest absolute Gasteiger partial charge is 0.333 e. The first-order valence-corrected chi connectivity index (χ1v) is 11.9. The molecule has 3 aromatic rings. The van der Waals surface area contributed by atoms with Gasteiger partial charge in [-0.1, -0.05) is 63.4 Å². The number of amides is 1. The standard InChI is InChI=1S/C27H35N3O2/c1-5-8-14-25(31)29(19-9-6-2)24(7-3)26-28-23-13-11-10-12-22(23)27(32)30(26)21-17-15-20(4)16-18-21/h10-13,15-18,24H,5-9,14,19H2,1-4H3. The van der Waals surface area contributed by atoms with E-state index in [0.29, 0.717) is 36.1 Å². The molecule has 3 rings (SSSR count). The topological polar surface area (TPSA) is 55.2 Å². The van der Waals surface area contributed by atoms with E-state index < -0.39 is 0 Å². The molecule has 0 fully saturated rings. The first-order valence-electron chi connectivity index (χ1n) is 11.9. The van der Waals surface area contributed by atoms with Gasteiger partial charge in [0.15, 0.2) is 0 Å². The highest BCUT2D eigenvalue weighted by molar-refractivity contribution is 5.79. The van der Waals surface area contributed by atoms with E-state index in [0.717, 1.165) is 36.9 Å². The zero-order valence-electron chi connectivity index (χ0n) is 19.8. The van der Waals surface area contributed by atoms with Gasteiger partial charge in [0.1, 0.15) is 5.82 Å². The van der Waals surface area contributed by atoms with E-state index >= 15 is 0 Å². The van der Waals surface area contributed by atoms with Crippen LogP contribution < -0.4 is 5.56 Å². The summed E-state index contributed by atoms with van der Waals surface area (Å²) >= 11 is 0. The molecule has 0 saturated carbocycles. The van der Waals surface area contributed by atoms with Crippen LogP contribution in [0.4, 0.5) is 0 Å². The van der Waals surface area contributed by atoms with E-state index in [4.69, 9.17) is 4.98 Å². The molecule has 5 nitrogen and oxygen atoms in total. The number of benzene rings is 2. The van der Waals surface area contributed by atoms with Gasteiger partial charge in [-0.2, -0.15) is 0 Å². The smallest absolute Gasteiger partial charge is 0.266 e.